The average Bonchev–Trinajstić information content (AvgIpc) is 2.81. The maximum Gasteiger partial charge on any atom is 0.254 e. The first-order valence-electron chi connectivity index (χ1n) is 11.3. The van der Waals surface area contributed by atoms with E-state index in [1.54, 1.807) is 25.4 Å². The summed E-state index contributed by atoms with van der Waals surface area (Å²) in [6, 6.07) is 7.85. The Labute approximate surface area is 214 Å². The fourth-order valence-electron chi connectivity index (χ4n) is 4.78. The molecule has 0 aliphatic carbocycles. The number of rotatable bonds is 9. The SMILES string of the molecule is COc1ccc(C(C)N2CCC(NC(=O)c3cccnc3SCF)CC2CCI)c(C)c1C. The van der Waals surface area contributed by atoms with Crippen molar-refractivity contribution in [1.82, 2.24) is 15.2 Å². The second-order valence-electron chi connectivity index (χ2n) is 8.46. The summed E-state index contributed by atoms with van der Waals surface area (Å²) in [5.41, 5.74) is 4.25. The van der Waals surface area contributed by atoms with Crippen LogP contribution in [0.4, 0.5) is 4.39 Å². The quantitative estimate of drug-likeness (QED) is 0.227. The number of carbonyl (C=O) groups excluding carboxylic acids is 1. The van der Waals surface area contributed by atoms with Gasteiger partial charge in [-0.2, -0.15) is 0 Å². The lowest BCUT2D eigenvalue weighted by atomic mass is 9.90. The predicted molar refractivity (Wildman–Crippen MR) is 141 cm³/mol. The molecule has 1 aliphatic heterocycles. The first-order chi connectivity index (χ1) is 15.9. The number of methoxy groups -OCH3 is 1. The third-order valence-corrected chi connectivity index (χ3v) is 8.02. The molecular formula is C25H33FIN3O2S. The molecule has 3 unspecified atom stereocenters. The lowest BCUT2D eigenvalue weighted by Gasteiger charge is -2.43. The smallest absolute Gasteiger partial charge is 0.254 e. The highest BCUT2D eigenvalue weighted by Crippen LogP contribution is 2.35. The van der Waals surface area contributed by atoms with Gasteiger partial charge in [0.25, 0.3) is 5.91 Å². The second kappa shape index (κ2) is 12.4. The second-order valence-corrected chi connectivity index (χ2v) is 10.4. The third kappa shape index (κ3) is 6.19. The lowest BCUT2D eigenvalue weighted by molar-refractivity contribution is 0.0728. The van der Waals surface area contributed by atoms with E-state index in [9.17, 15) is 9.18 Å². The number of carbonyl (C=O) groups is 1. The number of hydrogen-bond acceptors (Lipinski definition) is 5. The average molecular weight is 586 g/mol. The van der Waals surface area contributed by atoms with Crippen molar-refractivity contribution < 1.29 is 13.9 Å². The summed E-state index contributed by atoms with van der Waals surface area (Å²) >= 11 is 3.39. The van der Waals surface area contributed by atoms with Crippen molar-refractivity contribution in [2.24, 2.45) is 0 Å². The van der Waals surface area contributed by atoms with Crippen LogP contribution in [0.15, 0.2) is 35.5 Å². The van der Waals surface area contributed by atoms with Crippen LogP contribution in [-0.4, -0.2) is 52.0 Å². The molecule has 0 bridgehead atoms. The summed E-state index contributed by atoms with van der Waals surface area (Å²) in [6.45, 7) is 7.48. The molecular weight excluding hydrogens is 552 g/mol. The van der Waals surface area contributed by atoms with E-state index in [2.05, 4.69) is 70.7 Å². The molecule has 1 fully saturated rings. The minimum absolute atomic E-state index is 0.0935. The van der Waals surface area contributed by atoms with E-state index in [1.807, 2.05) is 0 Å². The number of ether oxygens (including phenoxy) is 1. The number of likely N-dealkylation sites (tertiary alicyclic amines) is 1. The van der Waals surface area contributed by atoms with Gasteiger partial charge in [-0.05, 0) is 74.9 Å². The predicted octanol–water partition coefficient (Wildman–Crippen LogP) is 5.88. The van der Waals surface area contributed by atoms with E-state index in [1.165, 1.54) is 16.7 Å². The van der Waals surface area contributed by atoms with Crippen molar-refractivity contribution in [2.75, 3.05) is 24.1 Å². The van der Waals surface area contributed by atoms with Crippen molar-refractivity contribution in [3.8, 4) is 5.75 Å². The minimum Gasteiger partial charge on any atom is -0.496 e. The van der Waals surface area contributed by atoms with Crippen molar-refractivity contribution >= 4 is 40.3 Å². The maximum absolute atomic E-state index is 12.9. The van der Waals surface area contributed by atoms with Gasteiger partial charge in [0.1, 0.15) is 16.8 Å². The molecule has 180 valence electrons. The number of piperidine rings is 1. The molecule has 2 heterocycles. The summed E-state index contributed by atoms with van der Waals surface area (Å²) in [6.07, 6.45) is 4.45. The van der Waals surface area contributed by atoms with E-state index in [4.69, 9.17) is 4.74 Å². The van der Waals surface area contributed by atoms with Crippen LogP contribution in [0, 0.1) is 13.8 Å². The number of nitrogens with zero attached hydrogens (tertiary/aromatic N) is 2. The van der Waals surface area contributed by atoms with Crippen molar-refractivity contribution in [1.29, 1.82) is 0 Å². The zero-order valence-electron chi connectivity index (χ0n) is 19.7. The van der Waals surface area contributed by atoms with Gasteiger partial charge in [-0.1, -0.05) is 40.4 Å². The van der Waals surface area contributed by atoms with E-state index in [0.29, 0.717) is 16.6 Å². The number of pyridine rings is 1. The van der Waals surface area contributed by atoms with Gasteiger partial charge in [0.2, 0.25) is 0 Å². The molecule has 2 aromatic rings. The Bertz CT molecular complexity index is 961. The number of amides is 1. The Hall–Kier alpha value is -1.39. The third-order valence-electron chi connectivity index (χ3n) is 6.69. The summed E-state index contributed by atoms with van der Waals surface area (Å²) in [5.74, 6) is 0.759. The molecule has 8 heteroatoms. The van der Waals surface area contributed by atoms with Crippen LogP contribution in [0.3, 0.4) is 0 Å². The highest BCUT2D eigenvalue weighted by atomic mass is 127. The highest BCUT2D eigenvalue weighted by Gasteiger charge is 2.33. The fraction of sp³-hybridized carbons (Fsp3) is 0.520. The van der Waals surface area contributed by atoms with Gasteiger partial charge in [-0.15, -0.1) is 0 Å². The summed E-state index contributed by atoms with van der Waals surface area (Å²) in [4.78, 5) is 19.7. The normalized spacial score (nSPS) is 19.8. The van der Waals surface area contributed by atoms with E-state index < -0.39 is 6.01 Å². The largest absolute Gasteiger partial charge is 0.496 e. The fourth-order valence-corrected chi connectivity index (χ4v) is 6.06. The van der Waals surface area contributed by atoms with Gasteiger partial charge in [-0.3, -0.25) is 9.69 Å². The lowest BCUT2D eigenvalue weighted by Crippen LogP contribution is -2.50. The highest BCUT2D eigenvalue weighted by molar-refractivity contribution is 14.1. The minimum atomic E-state index is -0.602. The van der Waals surface area contributed by atoms with Crippen LogP contribution in [-0.2, 0) is 0 Å². The molecule has 3 atom stereocenters. The molecule has 1 N–H and O–H groups in total. The molecule has 3 rings (SSSR count). The number of alkyl halides is 2. The standard InChI is InChI=1S/C25H33FIN3O2S/c1-16-17(2)23(32-4)8-7-21(16)18(3)30-13-10-19(14-20(30)9-11-27)29-24(31)22-6-5-12-28-25(22)33-15-26/h5-8,12,18-20H,9-11,13-15H2,1-4H3,(H,29,31). The number of benzene rings is 1. The summed E-state index contributed by atoms with van der Waals surface area (Å²) in [5, 5.41) is 3.64. The van der Waals surface area contributed by atoms with Crippen molar-refractivity contribution in [2.45, 2.75) is 63.2 Å². The first kappa shape index (κ1) is 26.2. The zero-order valence-corrected chi connectivity index (χ0v) is 22.7. The molecule has 1 aromatic carbocycles. The Balaban J connectivity index is 1.73. The van der Waals surface area contributed by atoms with Gasteiger partial charge in [-0.25, -0.2) is 9.37 Å². The van der Waals surface area contributed by atoms with Crippen LogP contribution in [0.1, 0.15) is 59.3 Å². The van der Waals surface area contributed by atoms with Crippen molar-refractivity contribution in [3.05, 3.63) is 52.7 Å². The molecule has 1 aliphatic rings. The molecule has 1 saturated heterocycles. The van der Waals surface area contributed by atoms with Gasteiger partial charge >= 0.3 is 0 Å². The van der Waals surface area contributed by atoms with Crippen LogP contribution < -0.4 is 10.1 Å². The number of aromatic nitrogens is 1. The topological polar surface area (TPSA) is 54.5 Å². The first-order valence-corrected chi connectivity index (χ1v) is 13.8. The van der Waals surface area contributed by atoms with Crippen LogP contribution >= 0.6 is 34.4 Å². The molecule has 33 heavy (non-hydrogen) atoms. The Morgan fingerprint density at radius 3 is 2.85 bits per heavy atom. The van der Waals surface area contributed by atoms with Gasteiger partial charge in [0, 0.05) is 35.3 Å². The monoisotopic (exact) mass is 585 g/mol. The van der Waals surface area contributed by atoms with Gasteiger partial charge in [0.15, 0.2) is 0 Å². The number of nitrogens with one attached hydrogen (secondary N) is 1. The van der Waals surface area contributed by atoms with E-state index in [0.717, 1.165) is 47.7 Å². The van der Waals surface area contributed by atoms with Crippen LogP contribution in [0.25, 0.3) is 0 Å². The van der Waals surface area contributed by atoms with Crippen LogP contribution in [0.5, 0.6) is 5.75 Å². The zero-order chi connectivity index (χ0) is 24.0. The maximum atomic E-state index is 12.9. The Morgan fingerprint density at radius 2 is 2.15 bits per heavy atom. The number of hydrogen-bond donors (Lipinski definition) is 1. The molecule has 0 saturated carbocycles. The van der Waals surface area contributed by atoms with E-state index >= 15 is 0 Å². The molecule has 0 spiro atoms. The van der Waals surface area contributed by atoms with Gasteiger partial charge < -0.3 is 10.1 Å². The number of halogens is 2. The molecule has 1 amide bonds. The Morgan fingerprint density at radius 1 is 1.36 bits per heavy atom. The van der Waals surface area contributed by atoms with Crippen molar-refractivity contribution in [3.63, 3.8) is 0 Å². The summed E-state index contributed by atoms with van der Waals surface area (Å²) < 4.78 is 19.4. The summed E-state index contributed by atoms with van der Waals surface area (Å²) in [7, 11) is 1.71. The van der Waals surface area contributed by atoms with Gasteiger partial charge in [0.05, 0.1) is 12.7 Å². The molecule has 1 aromatic heterocycles. The Kier molecular flexibility index (Phi) is 9.81. The molecule has 5 nitrogen and oxygen atoms in total. The molecule has 0 radical (unpaired) electrons. The number of thioether (sulfide) groups is 1. The van der Waals surface area contributed by atoms with Crippen LogP contribution in [0.2, 0.25) is 0 Å². The van der Waals surface area contributed by atoms with E-state index in [-0.39, 0.29) is 18.0 Å².